The van der Waals surface area contributed by atoms with Crippen LogP contribution in [0.4, 0.5) is 5.69 Å². The smallest absolute Gasteiger partial charge is 0.354 e. The van der Waals surface area contributed by atoms with Crippen molar-refractivity contribution in [2.75, 3.05) is 19.5 Å². The van der Waals surface area contributed by atoms with E-state index in [9.17, 15) is 14.4 Å². The van der Waals surface area contributed by atoms with E-state index in [0.717, 1.165) is 20.3 Å². The second kappa shape index (κ2) is 7.30. The molecule has 1 amide bonds. The van der Waals surface area contributed by atoms with Crippen LogP contribution in [0.3, 0.4) is 0 Å². The van der Waals surface area contributed by atoms with Gasteiger partial charge in [0, 0.05) is 5.02 Å². The summed E-state index contributed by atoms with van der Waals surface area (Å²) in [5.41, 5.74) is 5.28. The van der Waals surface area contributed by atoms with Crippen molar-refractivity contribution >= 4 is 35.1 Å². The average molecular weight is 313 g/mol. The standard InChI is InChI=1S/C13H13ClN2O5/c1-20-11(17)6-10(13(19)21-2)16-9-4-3-7(14)5-8(9)12(15)18/h3-6,16H,1-2H3,(H2,15,18)/b10-6-. The highest BCUT2D eigenvalue weighted by Gasteiger charge is 2.16. The summed E-state index contributed by atoms with van der Waals surface area (Å²) in [4.78, 5) is 34.2. The fraction of sp³-hybridized carbons (Fsp3) is 0.154. The molecule has 0 atom stereocenters. The number of hydrogen-bond acceptors (Lipinski definition) is 6. The number of methoxy groups -OCH3 is 2. The molecule has 112 valence electrons. The number of hydrogen-bond donors (Lipinski definition) is 2. The van der Waals surface area contributed by atoms with Gasteiger partial charge >= 0.3 is 11.9 Å². The van der Waals surface area contributed by atoms with Gasteiger partial charge in [-0.05, 0) is 18.2 Å². The van der Waals surface area contributed by atoms with Crippen molar-refractivity contribution in [2.45, 2.75) is 0 Å². The lowest BCUT2D eigenvalue weighted by atomic mass is 10.1. The maximum Gasteiger partial charge on any atom is 0.354 e. The molecule has 0 aliphatic heterocycles. The van der Waals surface area contributed by atoms with Crippen LogP contribution in [-0.4, -0.2) is 32.1 Å². The minimum atomic E-state index is -0.814. The van der Waals surface area contributed by atoms with E-state index in [4.69, 9.17) is 17.3 Å². The molecule has 0 bridgehead atoms. The normalized spacial score (nSPS) is 10.7. The molecule has 7 nitrogen and oxygen atoms in total. The van der Waals surface area contributed by atoms with Gasteiger partial charge in [0.05, 0.1) is 31.5 Å². The maximum atomic E-state index is 11.6. The zero-order valence-corrected chi connectivity index (χ0v) is 12.1. The molecule has 21 heavy (non-hydrogen) atoms. The third kappa shape index (κ3) is 4.50. The van der Waals surface area contributed by atoms with Gasteiger partial charge in [0.25, 0.3) is 5.91 Å². The number of amides is 1. The zero-order valence-electron chi connectivity index (χ0n) is 11.3. The molecule has 1 aromatic carbocycles. The van der Waals surface area contributed by atoms with Crippen molar-refractivity contribution in [2.24, 2.45) is 5.73 Å². The van der Waals surface area contributed by atoms with Gasteiger partial charge in [0.1, 0.15) is 5.70 Å². The first kappa shape index (κ1) is 16.5. The lowest BCUT2D eigenvalue weighted by molar-refractivity contribution is -0.138. The predicted molar refractivity (Wildman–Crippen MR) is 75.7 cm³/mol. The molecule has 3 N–H and O–H groups in total. The Labute approximate surface area is 125 Å². The van der Waals surface area contributed by atoms with Crippen LogP contribution >= 0.6 is 11.6 Å². The van der Waals surface area contributed by atoms with Gasteiger partial charge in [-0.1, -0.05) is 11.6 Å². The number of esters is 2. The molecule has 0 fully saturated rings. The molecular weight excluding hydrogens is 300 g/mol. The molecule has 1 aromatic rings. The maximum absolute atomic E-state index is 11.6. The minimum absolute atomic E-state index is 0.0576. The van der Waals surface area contributed by atoms with Gasteiger partial charge in [-0.15, -0.1) is 0 Å². The second-order valence-electron chi connectivity index (χ2n) is 3.75. The predicted octanol–water partition coefficient (Wildman–Crippen LogP) is 1.08. The molecule has 1 rings (SSSR count). The summed E-state index contributed by atoms with van der Waals surface area (Å²) in [6.45, 7) is 0. The van der Waals surface area contributed by atoms with Gasteiger partial charge in [-0.25, -0.2) is 9.59 Å². The highest BCUT2D eigenvalue weighted by Crippen LogP contribution is 2.22. The fourth-order valence-corrected chi connectivity index (χ4v) is 1.58. The SMILES string of the molecule is COC(=O)/C=C(\Nc1ccc(Cl)cc1C(N)=O)C(=O)OC. The molecule has 0 spiro atoms. The summed E-state index contributed by atoms with van der Waals surface area (Å²) in [5, 5.41) is 2.90. The van der Waals surface area contributed by atoms with Crippen molar-refractivity contribution in [3.05, 3.63) is 40.6 Å². The number of halogens is 1. The van der Waals surface area contributed by atoms with Gasteiger partial charge in [0.15, 0.2) is 0 Å². The summed E-state index contributed by atoms with van der Waals surface area (Å²) in [6, 6.07) is 4.26. The first-order chi connectivity index (χ1) is 9.88. The van der Waals surface area contributed by atoms with Crippen LogP contribution in [0.2, 0.25) is 5.02 Å². The molecule has 0 saturated heterocycles. The largest absolute Gasteiger partial charge is 0.466 e. The Morgan fingerprint density at radius 3 is 2.43 bits per heavy atom. The van der Waals surface area contributed by atoms with E-state index >= 15 is 0 Å². The van der Waals surface area contributed by atoms with Crippen LogP contribution in [0.5, 0.6) is 0 Å². The van der Waals surface area contributed by atoms with E-state index < -0.39 is 17.8 Å². The average Bonchev–Trinajstić information content (AvgIpc) is 2.46. The number of nitrogens with two attached hydrogens (primary N) is 1. The third-order valence-electron chi connectivity index (χ3n) is 2.39. The van der Waals surface area contributed by atoms with Crippen molar-refractivity contribution in [1.82, 2.24) is 0 Å². The number of rotatable bonds is 5. The number of ether oxygens (including phenoxy) is 2. The molecule has 8 heteroatoms. The van der Waals surface area contributed by atoms with E-state index in [-0.39, 0.29) is 16.9 Å². The fourth-order valence-electron chi connectivity index (χ4n) is 1.41. The molecule has 0 saturated carbocycles. The van der Waals surface area contributed by atoms with E-state index in [2.05, 4.69) is 14.8 Å². The van der Waals surface area contributed by atoms with Crippen LogP contribution in [0, 0.1) is 0 Å². The second-order valence-corrected chi connectivity index (χ2v) is 4.19. The summed E-state index contributed by atoms with van der Waals surface area (Å²) < 4.78 is 8.97. The lowest BCUT2D eigenvalue weighted by Crippen LogP contribution is -2.19. The van der Waals surface area contributed by atoms with Crippen LogP contribution in [0.1, 0.15) is 10.4 Å². The molecule has 0 heterocycles. The Bertz CT molecular complexity index is 613. The van der Waals surface area contributed by atoms with Gasteiger partial charge in [-0.3, -0.25) is 4.79 Å². The quantitative estimate of drug-likeness (QED) is 0.622. The van der Waals surface area contributed by atoms with Crippen molar-refractivity contribution in [3.63, 3.8) is 0 Å². The summed E-state index contributed by atoms with van der Waals surface area (Å²) in [7, 11) is 2.30. The summed E-state index contributed by atoms with van der Waals surface area (Å²) in [5.74, 6) is -2.33. The Kier molecular flexibility index (Phi) is 5.74. The van der Waals surface area contributed by atoms with E-state index in [0.29, 0.717) is 5.02 Å². The number of benzene rings is 1. The van der Waals surface area contributed by atoms with Gasteiger partial charge in [0.2, 0.25) is 0 Å². The summed E-state index contributed by atoms with van der Waals surface area (Å²) >= 11 is 5.78. The van der Waals surface area contributed by atoms with E-state index in [1.54, 1.807) is 0 Å². The number of primary amides is 1. The van der Waals surface area contributed by atoms with Crippen LogP contribution < -0.4 is 11.1 Å². The number of nitrogens with one attached hydrogen (secondary N) is 1. The first-order valence-electron chi connectivity index (χ1n) is 5.63. The lowest BCUT2D eigenvalue weighted by Gasteiger charge is -2.12. The molecule has 0 aliphatic rings. The van der Waals surface area contributed by atoms with E-state index in [1.165, 1.54) is 18.2 Å². The van der Waals surface area contributed by atoms with Crippen molar-refractivity contribution in [1.29, 1.82) is 0 Å². The molecule has 0 radical (unpaired) electrons. The Hall–Kier alpha value is -2.54. The van der Waals surface area contributed by atoms with Gasteiger partial charge < -0.3 is 20.5 Å². The molecule has 0 aliphatic carbocycles. The van der Waals surface area contributed by atoms with Crippen LogP contribution in [0.15, 0.2) is 30.0 Å². The van der Waals surface area contributed by atoms with Crippen LogP contribution in [0.25, 0.3) is 0 Å². The minimum Gasteiger partial charge on any atom is -0.466 e. The molecule has 0 aromatic heterocycles. The first-order valence-corrected chi connectivity index (χ1v) is 6.01. The van der Waals surface area contributed by atoms with Crippen LogP contribution in [-0.2, 0) is 19.1 Å². The topological polar surface area (TPSA) is 108 Å². The molecular formula is C13H13ClN2O5. The highest BCUT2D eigenvalue weighted by atomic mass is 35.5. The van der Waals surface area contributed by atoms with Crippen molar-refractivity contribution in [3.8, 4) is 0 Å². The Morgan fingerprint density at radius 1 is 1.24 bits per heavy atom. The van der Waals surface area contributed by atoms with Crippen molar-refractivity contribution < 1.29 is 23.9 Å². The number of anilines is 1. The third-order valence-corrected chi connectivity index (χ3v) is 2.62. The number of carbonyl (C=O) groups excluding carboxylic acids is 3. The van der Waals surface area contributed by atoms with E-state index in [1.807, 2.05) is 0 Å². The van der Waals surface area contributed by atoms with Gasteiger partial charge in [-0.2, -0.15) is 0 Å². The molecule has 0 unspecified atom stereocenters. The summed E-state index contributed by atoms with van der Waals surface area (Å²) in [6.07, 6.45) is 0.894. The highest BCUT2D eigenvalue weighted by molar-refractivity contribution is 6.31. The Balaban J connectivity index is 3.21. The zero-order chi connectivity index (χ0) is 16.0. The monoisotopic (exact) mass is 312 g/mol. The number of carbonyl (C=O) groups is 3. The Morgan fingerprint density at radius 2 is 1.90 bits per heavy atom.